The van der Waals surface area contributed by atoms with E-state index in [2.05, 4.69) is 30.6 Å². The first-order valence-electron chi connectivity index (χ1n) is 16.4. The van der Waals surface area contributed by atoms with Crippen molar-refractivity contribution in [1.29, 1.82) is 0 Å². The fraction of sp³-hybridized carbons (Fsp3) is 0.455. The number of hydrogen-bond acceptors (Lipinski definition) is 12. The third-order valence-electron chi connectivity index (χ3n) is 6.81. The number of nitrogens with zero attached hydrogens (tertiary/aromatic N) is 4. The molecule has 15 nitrogen and oxygen atoms in total. The summed E-state index contributed by atoms with van der Waals surface area (Å²) < 4.78 is 59.3. The largest absolute Gasteiger partial charge is 0.494 e. The number of rotatable bonds is 9. The highest BCUT2D eigenvalue weighted by molar-refractivity contribution is 5.96. The standard InChI is InChI=1S/C25H27F3N6O4.C8H17N3O2/c26-25(27,28)15-38-24-33-22-30-14-16-5-8-18(9-6-16)36-11-3-1-2-4-12-37-20-13-17(31-23(32-22)34-24)7-10-19(20)21(29)35;1-2-13-7(12)5-3-4-6-11-8(9)10/h5-10,13H,1-4,11-12,14-15H2,(H2,29,35)(H2,30,31,32,33,34);2-6H2,1H3,(H4,9,10,11). The quantitative estimate of drug-likeness (QED) is 0.0884. The highest BCUT2D eigenvalue weighted by Crippen LogP contribution is 2.27. The molecule has 1 aromatic heterocycles. The van der Waals surface area contributed by atoms with Gasteiger partial charge in [0.05, 0.1) is 25.4 Å². The lowest BCUT2D eigenvalue weighted by Gasteiger charge is -2.14. The molecule has 0 unspecified atom stereocenters. The Morgan fingerprint density at radius 2 is 1.63 bits per heavy atom. The maximum absolute atomic E-state index is 12.7. The number of aromatic nitrogens is 3. The fourth-order valence-corrected chi connectivity index (χ4v) is 4.39. The Kier molecular flexibility index (Phi) is 16.3. The zero-order valence-corrected chi connectivity index (χ0v) is 28.3. The highest BCUT2D eigenvalue weighted by Gasteiger charge is 2.29. The van der Waals surface area contributed by atoms with Crippen LogP contribution in [0.25, 0.3) is 0 Å². The van der Waals surface area contributed by atoms with Gasteiger partial charge in [-0.2, -0.15) is 28.1 Å². The maximum atomic E-state index is 12.7. The Hall–Kier alpha value is -5.55. The zero-order chi connectivity index (χ0) is 37.1. The third-order valence-corrected chi connectivity index (χ3v) is 6.81. The smallest absolute Gasteiger partial charge is 0.422 e. The SMILES string of the molecule is CCOC(=O)CCCCN=C(N)N.NC(=O)c1ccc2cc1OCCCCCCOc1ccc(cc1)CNc1nc(nc(OCC(F)(F)F)n1)N2. The average molecular weight is 720 g/mol. The van der Waals surface area contributed by atoms with Crippen LogP contribution in [0.2, 0.25) is 0 Å². The van der Waals surface area contributed by atoms with Gasteiger partial charge in [-0.1, -0.05) is 12.1 Å². The molecule has 18 heteroatoms. The fourth-order valence-electron chi connectivity index (χ4n) is 4.39. The number of alkyl halides is 3. The molecule has 0 radical (unpaired) electrons. The number of anilines is 3. The molecule has 3 aromatic rings. The summed E-state index contributed by atoms with van der Waals surface area (Å²) in [5.41, 5.74) is 17.2. The van der Waals surface area contributed by atoms with E-state index in [9.17, 15) is 22.8 Å². The van der Waals surface area contributed by atoms with E-state index in [1.54, 1.807) is 19.1 Å². The van der Waals surface area contributed by atoms with Gasteiger partial charge in [0.2, 0.25) is 11.9 Å². The number of carbonyl (C=O) groups excluding carboxylic acids is 2. The van der Waals surface area contributed by atoms with Crippen molar-refractivity contribution in [1.82, 2.24) is 15.0 Å². The molecular weight excluding hydrogens is 675 g/mol. The van der Waals surface area contributed by atoms with Gasteiger partial charge < -0.3 is 46.8 Å². The molecule has 2 aromatic carbocycles. The van der Waals surface area contributed by atoms with Gasteiger partial charge in [-0.05, 0) is 75.3 Å². The molecule has 0 atom stereocenters. The van der Waals surface area contributed by atoms with Crippen molar-refractivity contribution in [3.63, 3.8) is 0 Å². The first-order valence-corrected chi connectivity index (χ1v) is 16.4. The van der Waals surface area contributed by atoms with Crippen LogP contribution >= 0.6 is 0 Å². The summed E-state index contributed by atoms with van der Waals surface area (Å²) in [5, 5.41) is 5.87. The Morgan fingerprint density at radius 1 is 0.922 bits per heavy atom. The molecule has 5 rings (SSSR count). The number of nitrogens with two attached hydrogens (primary N) is 3. The average Bonchev–Trinajstić information content (AvgIpc) is 3.07. The van der Waals surface area contributed by atoms with Crippen molar-refractivity contribution in [3.8, 4) is 17.5 Å². The Labute approximate surface area is 293 Å². The molecule has 0 saturated carbocycles. The minimum absolute atomic E-state index is 0.00359. The molecule has 1 amide bonds. The lowest BCUT2D eigenvalue weighted by atomic mass is 10.1. The van der Waals surface area contributed by atoms with Crippen LogP contribution in [0.5, 0.6) is 17.5 Å². The van der Waals surface area contributed by atoms with Gasteiger partial charge in [-0.15, -0.1) is 0 Å². The van der Waals surface area contributed by atoms with Crippen LogP contribution in [-0.4, -0.2) is 71.9 Å². The summed E-state index contributed by atoms with van der Waals surface area (Å²) in [6, 6.07) is 11.5. The third kappa shape index (κ3) is 16.1. The predicted octanol–water partition coefficient (Wildman–Crippen LogP) is 4.59. The minimum Gasteiger partial charge on any atom is -0.494 e. The number of guanidine groups is 1. The van der Waals surface area contributed by atoms with E-state index in [4.69, 9.17) is 36.1 Å². The van der Waals surface area contributed by atoms with E-state index in [1.807, 2.05) is 24.3 Å². The van der Waals surface area contributed by atoms with E-state index < -0.39 is 24.7 Å². The summed E-state index contributed by atoms with van der Waals surface area (Å²) in [5.74, 6) is 0.192. The van der Waals surface area contributed by atoms with Crippen molar-refractivity contribution in [2.45, 2.75) is 64.6 Å². The topological polar surface area (TPSA) is 224 Å². The number of hydrogen-bond donors (Lipinski definition) is 5. The lowest BCUT2D eigenvalue weighted by Crippen LogP contribution is -2.22. The van der Waals surface area contributed by atoms with E-state index in [0.29, 0.717) is 38.5 Å². The van der Waals surface area contributed by atoms with Crippen LogP contribution in [0.4, 0.5) is 30.8 Å². The molecule has 0 saturated heterocycles. The molecule has 2 aliphatic rings. The highest BCUT2D eigenvalue weighted by atomic mass is 19.4. The summed E-state index contributed by atoms with van der Waals surface area (Å²) in [6.45, 7) is 2.45. The molecular formula is C33H44F3N9O6. The molecule has 0 fully saturated rings. The number of ether oxygens (including phenoxy) is 4. The van der Waals surface area contributed by atoms with Gasteiger partial charge in [0, 0.05) is 31.3 Å². The first-order chi connectivity index (χ1) is 24.4. The van der Waals surface area contributed by atoms with Gasteiger partial charge in [-0.3, -0.25) is 14.6 Å². The molecule has 51 heavy (non-hydrogen) atoms. The predicted molar refractivity (Wildman–Crippen MR) is 184 cm³/mol. The van der Waals surface area contributed by atoms with Crippen LogP contribution < -0.4 is 42.0 Å². The molecule has 3 heterocycles. The molecule has 0 aliphatic carbocycles. The number of aliphatic imine (C=N–C) groups is 1. The molecule has 2 aliphatic heterocycles. The van der Waals surface area contributed by atoms with Gasteiger partial charge in [0.15, 0.2) is 12.6 Å². The van der Waals surface area contributed by atoms with Gasteiger partial charge in [-0.25, -0.2) is 0 Å². The molecule has 8 N–H and O–H groups in total. The number of halogens is 3. The Balaban J connectivity index is 0.000000460. The second kappa shape index (κ2) is 20.8. The van der Waals surface area contributed by atoms with E-state index in [1.165, 1.54) is 6.07 Å². The minimum atomic E-state index is -4.57. The van der Waals surface area contributed by atoms with Crippen LogP contribution in [0, 0.1) is 0 Å². The van der Waals surface area contributed by atoms with Crippen molar-refractivity contribution in [2.75, 3.05) is 43.6 Å². The number of amides is 1. The van der Waals surface area contributed by atoms with E-state index >= 15 is 0 Å². The number of esters is 1. The zero-order valence-electron chi connectivity index (χ0n) is 28.3. The normalized spacial score (nSPS) is 13.3. The second-order valence-electron chi connectivity index (χ2n) is 11.0. The Morgan fingerprint density at radius 3 is 2.29 bits per heavy atom. The number of unbranched alkanes of at least 4 members (excludes halogenated alkanes) is 1. The number of fused-ring (bicyclic) bond motifs is 10. The lowest BCUT2D eigenvalue weighted by molar-refractivity contribution is -0.154. The molecule has 6 bridgehead atoms. The van der Waals surface area contributed by atoms with Gasteiger partial charge >= 0.3 is 18.2 Å². The second-order valence-corrected chi connectivity index (χ2v) is 11.0. The number of primary amides is 1. The Bertz CT molecular complexity index is 1570. The number of benzene rings is 2. The monoisotopic (exact) mass is 719 g/mol. The number of nitrogens with one attached hydrogen (secondary N) is 2. The van der Waals surface area contributed by atoms with Crippen molar-refractivity contribution < 1.29 is 41.7 Å². The summed E-state index contributed by atoms with van der Waals surface area (Å²) in [7, 11) is 0. The van der Waals surface area contributed by atoms with Crippen LogP contribution in [-0.2, 0) is 16.1 Å². The van der Waals surface area contributed by atoms with Crippen LogP contribution in [0.3, 0.4) is 0 Å². The first kappa shape index (κ1) is 39.9. The van der Waals surface area contributed by atoms with Crippen LogP contribution in [0.15, 0.2) is 47.5 Å². The number of carbonyl (C=O) groups is 2. The maximum Gasteiger partial charge on any atom is 0.422 e. The van der Waals surface area contributed by atoms with Crippen molar-refractivity contribution in [3.05, 3.63) is 53.6 Å². The summed E-state index contributed by atoms with van der Waals surface area (Å²) in [6.07, 6.45) is 0.928. The van der Waals surface area contributed by atoms with Gasteiger partial charge in [0.25, 0.3) is 5.91 Å². The summed E-state index contributed by atoms with van der Waals surface area (Å²) in [4.78, 5) is 38.6. The molecule has 278 valence electrons. The van der Waals surface area contributed by atoms with Gasteiger partial charge in [0.1, 0.15) is 11.5 Å². The van der Waals surface area contributed by atoms with Crippen molar-refractivity contribution >= 4 is 35.4 Å². The summed E-state index contributed by atoms with van der Waals surface area (Å²) >= 11 is 0. The van der Waals surface area contributed by atoms with Crippen LogP contribution in [0.1, 0.15) is 67.8 Å². The van der Waals surface area contributed by atoms with E-state index in [-0.39, 0.29) is 41.7 Å². The molecule has 0 spiro atoms. The van der Waals surface area contributed by atoms with E-state index in [0.717, 1.165) is 49.8 Å². The van der Waals surface area contributed by atoms with Crippen molar-refractivity contribution in [2.24, 2.45) is 22.2 Å².